The molecule has 0 saturated heterocycles. The number of ether oxygens (including phenoxy) is 1. The molecule has 1 amide bonds. The second-order valence-electron chi connectivity index (χ2n) is 5.82. The number of carbonyl (C=O) groups is 1. The van der Waals surface area contributed by atoms with Gasteiger partial charge in [0.2, 0.25) is 5.91 Å². The predicted molar refractivity (Wildman–Crippen MR) is 102 cm³/mol. The van der Waals surface area contributed by atoms with Gasteiger partial charge in [0, 0.05) is 17.3 Å². The fraction of sp³-hybridized carbons (Fsp3) is 0.316. The van der Waals surface area contributed by atoms with E-state index in [1.165, 1.54) is 17.8 Å². The summed E-state index contributed by atoms with van der Waals surface area (Å²) in [6, 6.07) is 12.2. The molecule has 0 radical (unpaired) electrons. The standard InChI is InChI=1S/C19H21ClFNO2S/c1-13(2)24-17-5-3-4-14(8-17)10-22-19(23)12-25-11-15-6-7-16(20)9-18(15)21/h3-9,13H,10-12H2,1-2H3,(H,22,23). The van der Waals surface area contributed by atoms with E-state index < -0.39 is 0 Å². The van der Waals surface area contributed by atoms with Crippen LogP contribution in [0.2, 0.25) is 5.02 Å². The van der Waals surface area contributed by atoms with Crippen molar-refractivity contribution in [3.8, 4) is 5.75 Å². The van der Waals surface area contributed by atoms with Gasteiger partial charge in [-0.05, 0) is 49.2 Å². The Morgan fingerprint density at radius 1 is 1.28 bits per heavy atom. The summed E-state index contributed by atoms with van der Waals surface area (Å²) in [6.45, 7) is 4.37. The lowest BCUT2D eigenvalue weighted by Gasteiger charge is -2.11. The van der Waals surface area contributed by atoms with Gasteiger partial charge in [0.25, 0.3) is 0 Å². The number of halogens is 2. The average Bonchev–Trinajstić information content (AvgIpc) is 2.55. The summed E-state index contributed by atoms with van der Waals surface area (Å²) in [7, 11) is 0. The van der Waals surface area contributed by atoms with Gasteiger partial charge < -0.3 is 10.1 Å². The third-order valence-electron chi connectivity index (χ3n) is 3.27. The maximum atomic E-state index is 13.7. The van der Waals surface area contributed by atoms with Gasteiger partial charge in [0.1, 0.15) is 11.6 Å². The molecule has 0 aliphatic heterocycles. The topological polar surface area (TPSA) is 38.3 Å². The molecule has 0 saturated carbocycles. The van der Waals surface area contributed by atoms with Crippen molar-refractivity contribution in [2.45, 2.75) is 32.2 Å². The Bertz CT molecular complexity index is 724. The molecule has 25 heavy (non-hydrogen) atoms. The minimum absolute atomic E-state index is 0.0884. The first kappa shape index (κ1) is 19.6. The third kappa shape index (κ3) is 6.96. The van der Waals surface area contributed by atoms with Crippen molar-refractivity contribution in [1.29, 1.82) is 0 Å². The summed E-state index contributed by atoms with van der Waals surface area (Å²) in [5.41, 5.74) is 1.51. The average molecular weight is 382 g/mol. The number of hydrogen-bond donors (Lipinski definition) is 1. The molecule has 1 N–H and O–H groups in total. The lowest BCUT2D eigenvalue weighted by atomic mass is 10.2. The fourth-order valence-corrected chi connectivity index (χ4v) is 3.15. The minimum Gasteiger partial charge on any atom is -0.491 e. The zero-order valence-corrected chi connectivity index (χ0v) is 15.8. The van der Waals surface area contributed by atoms with Crippen LogP contribution in [-0.2, 0) is 17.1 Å². The second-order valence-corrected chi connectivity index (χ2v) is 7.24. The number of amides is 1. The Balaban J connectivity index is 1.75. The molecule has 0 heterocycles. The zero-order valence-electron chi connectivity index (χ0n) is 14.2. The van der Waals surface area contributed by atoms with Crippen LogP contribution in [0.1, 0.15) is 25.0 Å². The van der Waals surface area contributed by atoms with Crippen LogP contribution in [0.25, 0.3) is 0 Å². The minimum atomic E-state index is -0.345. The van der Waals surface area contributed by atoms with E-state index in [1.807, 2.05) is 38.1 Å². The van der Waals surface area contributed by atoms with Gasteiger partial charge in [-0.15, -0.1) is 11.8 Å². The van der Waals surface area contributed by atoms with Crippen LogP contribution in [0.15, 0.2) is 42.5 Å². The predicted octanol–water partition coefficient (Wildman–Crippen LogP) is 4.82. The largest absolute Gasteiger partial charge is 0.491 e. The van der Waals surface area contributed by atoms with Crippen molar-refractivity contribution in [3.63, 3.8) is 0 Å². The Labute approximate surface area is 156 Å². The van der Waals surface area contributed by atoms with E-state index in [-0.39, 0.29) is 23.6 Å². The summed E-state index contributed by atoms with van der Waals surface area (Å²) < 4.78 is 19.3. The van der Waals surface area contributed by atoms with E-state index >= 15 is 0 Å². The molecular formula is C19H21ClFNO2S. The van der Waals surface area contributed by atoms with Crippen LogP contribution < -0.4 is 10.1 Å². The van der Waals surface area contributed by atoms with Crippen molar-refractivity contribution < 1.29 is 13.9 Å². The normalized spacial score (nSPS) is 10.8. The van der Waals surface area contributed by atoms with E-state index in [2.05, 4.69) is 5.32 Å². The summed E-state index contributed by atoms with van der Waals surface area (Å²) in [6.07, 6.45) is 0.106. The molecule has 0 bridgehead atoms. The molecular weight excluding hydrogens is 361 g/mol. The van der Waals surface area contributed by atoms with E-state index in [0.717, 1.165) is 11.3 Å². The zero-order chi connectivity index (χ0) is 18.2. The number of benzene rings is 2. The molecule has 0 spiro atoms. The van der Waals surface area contributed by atoms with Crippen molar-refractivity contribution in [2.24, 2.45) is 0 Å². The van der Waals surface area contributed by atoms with Gasteiger partial charge in [0.15, 0.2) is 0 Å². The summed E-state index contributed by atoms with van der Waals surface area (Å²) in [5, 5.41) is 3.23. The highest BCUT2D eigenvalue weighted by atomic mass is 35.5. The number of thioether (sulfide) groups is 1. The van der Waals surface area contributed by atoms with Crippen LogP contribution >= 0.6 is 23.4 Å². The Morgan fingerprint density at radius 3 is 2.80 bits per heavy atom. The van der Waals surface area contributed by atoms with Crippen molar-refractivity contribution in [2.75, 3.05) is 5.75 Å². The lowest BCUT2D eigenvalue weighted by Crippen LogP contribution is -2.24. The first-order chi connectivity index (χ1) is 11.9. The fourth-order valence-electron chi connectivity index (χ4n) is 2.15. The number of carbonyl (C=O) groups excluding carboxylic acids is 1. The molecule has 2 aromatic rings. The highest BCUT2D eigenvalue weighted by molar-refractivity contribution is 7.99. The quantitative estimate of drug-likeness (QED) is 0.712. The SMILES string of the molecule is CC(C)Oc1cccc(CNC(=O)CSCc2ccc(Cl)cc2F)c1. The lowest BCUT2D eigenvalue weighted by molar-refractivity contribution is -0.118. The Kier molecular flexibility index (Phi) is 7.59. The van der Waals surface area contributed by atoms with Crippen LogP contribution in [0.4, 0.5) is 4.39 Å². The van der Waals surface area contributed by atoms with Crippen LogP contribution in [0.3, 0.4) is 0 Å². The smallest absolute Gasteiger partial charge is 0.230 e. The number of hydrogen-bond acceptors (Lipinski definition) is 3. The van der Waals surface area contributed by atoms with Gasteiger partial charge in [-0.3, -0.25) is 4.79 Å². The maximum absolute atomic E-state index is 13.7. The summed E-state index contributed by atoms with van der Waals surface area (Å²) in [5.74, 6) is 1.05. The molecule has 134 valence electrons. The molecule has 2 aromatic carbocycles. The molecule has 0 unspecified atom stereocenters. The van der Waals surface area contributed by atoms with Gasteiger partial charge in [0.05, 0.1) is 11.9 Å². The van der Waals surface area contributed by atoms with Gasteiger partial charge in [-0.1, -0.05) is 29.8 Å². The molecule has 0 aromatic heterocycles. The number of nitrogens with one attached hydrogen (secondary N) is 1. The second kappa shape index (κ2) is 9.68. The Morgan fingerprint density at radius 2 is 2.08 bits per heavy atom. The van der Waals surface area contributed by atoms with E-state index in [9.17, 15) is 9.18 Å². The van der Waals surface area contributed by atoms with Gasteiger partial charge in [-0.2, -0.15) is 0 Å². The van der Waals surface area contributed by atoms with Crippen molar-refractivity contribution in [1.82, 2.24) is 5.32 Å². The first-order valence-corrected chi connectivity index (χ1v) is 9.51. The molecule has 0 atom stereocenters. The van der Waals surface area contributed by atoms with Gasteiger partial charge >= 0.3 is 0 Å². The molecule has 3 nitrogen and oxygen atoms in total. The first-order valence-electron chi connectivity index (χ1n) is 7.98. The molecule has 0 fully saturated rings. The van der Waals surface area contributed by atoms with Crippen molar-refractivity contribution >= 4 is 29.3 Å². The summed E-state index contributed by atoms with van der Waals surface area (Å²) >= 11 is 7.08. The van der Waals surface area contributed by atoms with Crippen LogP contribution in [-0.4, -0.2) is 17.8 Å². The van der Waals surface area contributed by atoms with E-state index in [1.54, 1.807) is 12.1 Å². The van der Waals surface area contributed by atoms with Crippen LogP contribution in [0.5, 0.6) is 5.75 Å². The van der Waals surface area contributed by atoms with Crippen LogP contribution in [0, 0.1) is 5.82 Å². The maximum Gasteiger partial charge on any atom is 0.230 e. The molecule has 0 aliphatic rings. The highest BCUT2D eigenvalue weighted by Gasteiger charge is 2.06. The Hall–Kier alpha value is -1.72. The monoisotopic (exact) mass is 381 g/mol. The van der Waals surface area contributed by atoms with Gasteiger partial charge in [-0.25, -0.2) is 4.39 Å². The molecule has 2 rings (SSSR count). The third-order valence-corrected chi connectivity index (χ3v) is 4.48. The summed E-state index contributed by atoms with van der Waals surface area (Å²) in [4.78, 5) is 11.9. The van der Waals surface area contributed by atoms with E-state index in [0.29, 0.717) is 22.9 Å². The number of rotatable bonds is 8. The highest BCUT2D eigenvalue weighted by Crippen LogP contribution is 2.19. The molecule has 0 aliphatic carbocycles. The van der Waals surface area contributed by atoms with Crippen molar-refractivity contribution in [3.05, 3.63) is 64.4 Å². The van der Waals surface area contributed by atoms with E-state index in [4.69, 9.17) is 16.3 Å². The molecule has 6 heteroatoms.